The summed E-state index contributed by atoms with van der Waals surface area (Å²) in [5.74, 6) is 1.28. The molecule has 1 fully saturated rings. The van der Waals surface area contributed by atoms with Gasteiger partial charge >= 0.3 is 0 Å². The number of benzene rings is 2. The molecule has 2 aromatic rings. The van der Waals surface area contributed by atoms with Crippen LogP contribution in [0.2, 0.25) is 0 Å². The van der Waals surface area contributed by atoms with Crippen molar-refractivity contribution in [2.75, 3.05) is 26.7 Å². The molecule has 1 aliphatic rings. The summed E-state index contributed by atoms with van der Waals surface area (Å²) in [5.41, 5.74) is 2.37. The number of hydrogen-bond acceptors (Lipinski definition) is 3. The number of hydrogen-bond donors (Lipinski definition) is 0. The zero-order valence-corrected chi connectivity index (χ0v) is 16.4. The fourth-order valence-electron chi connectivity index (χ4n) is 3.82. The van der Waals surface area contributed by atoms with Crippen LogP contribution in [0.4, 0.5) is 0 Å². The van der Waals surface area contributed by atoms with Crippen LogP contribution in [0.1, 0.15) is 30.9 Å². The van der Waals surface area contributed by atoms with Gasteiger partial charge in [-0.2, -0.15) is 0 Å². The first-order valence-electron chi connectivity index (χ1n) is 9.89. The maximum Gasteiger partial charge on any atom is 0.227 e. The molecule has 0 bridgehead atoms. The number of piperidine rings is 1. The summed E-state index contributed by atoms with van der Waals surface area (Å²) < 4.78 is 5.76. The topological polar surface area (TPSA) is 32.8 Å². The summed E-state index contributed by atoms with van der Waals surface area (Å²) in [4.78, 5) is 17.2. The average molecular weight is 367 g/mol. The second-order valence-electron chi connectivity index (χ2n) is 7.29. The van der Waals surface area contributed by atoms with E-state index in [-0.39, 0.29) is 11.8 Å². The minimum Gasteiger partial charge on any atom is -0.494 e. The Labute approximate surface area is 162 Å². The SMILES string of the molecule is CCOc1ccccc1CN1CCC[C@H](C(=O)N(C)Cc2ccccc2)C1. The van der Waals surface area contributed by atoms with Crippen molar-refractivity contribution in [3.05, 3.63) is 65.7 Å². The Morgan fingerprint density at radius 2 is 1.89 bits per heavy atom. The lowest BCUT2D eigenvalue weighted by Crippen LogP contribution is -2.43. The van der Waals surface area contributed by atoms with Crippen LogP contribution in [0.3, 0.4) is 0 Å². The number of para-hydroxylation sites is 1. The van der Waals surface area contributed by atoms with Crippen LogP contribution >= 0.6 is 0 Å². The normalized spacial score (nSPS) is 17.5. The molecule has 4 heteroatoms. The predicted octanol–water partition coefficient (Wildman–Crippen LogP) is 3.96. The third kappa shape index (κ3) is 5.33. The van der Waals surface area contributed by atoms with E-state index in [1.54, 1.807) is 0 Å². The van der Waals surface area contributed by atoms with Crippen molar-refractivity contribution in [3.63, 3.8) is 0 Å². The van der Waals surface area contributed by atoms with Gasteiger partial charge in [0.2, 0.25) is 5.91 Å². The highest BCUT2D eigenvalue weighted by Gasteiger charge is 2.28. The first-order valence-corrected chi connectivity index (χ1v) is 9.89. The highest BCUT2D eigenvalue weighted by Crippen LogP contribution is 2.24. The van der Waals surface area contributed by atoms with Gasteiger partial charge in [-0.25, -0.2) is 0 Å². The molecule has 1 atom stereocenters. The van der Waals surface area contributed by atoms with Crippen LogP contribution in [0.15, 0.2) is 54.6 Å². The molecule has 0 aromatic heterocycles. The van der Waals surface area contributed by atoms with E-state index >= 15 is 0 Å². The second kappa shape index (κ2) is 9.56. The minimum absolute atomic E-state index is 0.0757. The van der Waals surface area contributed by atoms with Crippen LogP contribution < -0.4 is 4.74 Å². The predicted molar refractivity (Wildman–Crippen MR) is 109 cm³/mol. The molecule has 0 N–H and O–H groups in total. The molecule has 0 aliphatic carbocycles. The first-order chi connectivity index (χ1) is 13.2. The largest absolute Gasteiger partial charge is 0.494 e. The van der Waals surface area contributed by atoms with Gasteiger partial charge in [0.05, 0.1) is 12.5 Å². The summed E-state index contributed by atoms with van der Waals surface area (Å²) in [6.07, 6.45) is 2.04. The van der Waals surface area contributed by atoms with E-state index in [1.165, 1.54) is 11.1 Å². The molecule has 144 valence electrons. The second-order valence-corrected chi connectivity index (χ2v) is 7.29. The fourth-order valence-corrected chi connectivity index (χ4v) is 3.82. The lowest BCUT2D eigenvalue weighted by molar-refractivity contribution is -0.136. The van der Waals surface area contributed by atoms with Crippen LogP contribution in [-0.2, 0) is 17.9 Å². The van der Waals surface area contributed by atoms with Crippen molar-refractivity contribution in [2.24, 2.45) is 5.92 Å². The number of carbonyl (C=O) groups excluding carboxylic acids is 1. The van der Waals surface area contributed by atoms with Crippen LogP contribution in [-0.4, -0.2) is 42.5 Å². The molecular weight excluding hydrogens is 336 g/mol. The Hall–Kier alpha value is -2.33. The van der Waals surface area contributed by atoms with E-state index in [1.807, 2.05) is 49.2 Å². The Kier molecular flexibility index (Phi) is 6.88. The van der Waals surface area contributed by atoms with Gasteiger partial charge in [-0.05, 0) is 37.9 Å². The first kappa shape index (κ1) is 19.4. The maximum atomic E-state index is 12.9. The molecule has 1 amide bonds. The van der Waals surface area contributed by atoms with Crippen molar-refractivity contribution in [1.82, 2.24) is 9.80 Å². The Morgan fingerprint density at radius 3 is 2.67 bits per heavy atom. The molecule has 0 spiro atoms. The van der Waals surface area contributed by atoms with Crippen molar-refractivity contribution in [3.8, 4) is 5.75 Å². The molecule has 27 heavy (non-hydrogen) atoms. The van der Waals surface area contributed by atoms with E-state index in [2.05, 4.69) is 29.2 Å². The molecule has 4 nitrogen and oxygen atoms in total. The number of amides is 1. The summed E-state index contributed by atoms with van der Waals surface area (Å²) in [6.45, 7) is 6.04. The molecule has 0 saturated carbocycles. The third-order valence-electron chi connectivity index (χ3n) is 5.16. The standard InChI is InChI=1S/C23H30N2O2/c1-3-27-22-14-8-7-12-20(22)17-25-15-9-13-21(18-25)23(26)24(2)16-19-10-5-4-6-11-19/h4-8,10-12,14,21H,3,9,13,15-18H2,1-2H3/t21-/m0/s1. The van der Waals surface area contributed by atoms with E-state index in [9.17, 15) is 4.79 Å². The van der Waals surface area contributed by atoms with E-state index in [4.69, 9.17) is 4.74 Å². The number of ether oxygens (including phenoxy) is 1. The van der Waals surface area contributed by atoms with Crippen molar-refractivity contribution in [1.29, 1.82) is 0 Å². The highest BCUT2D eigenvalue weighted by molar-refractivity contribution is 5.79. The van der Waals surface area contributed by atoms with Gasteiger partial charge in [0.15, 0.2) is 0 Å². The van der Waals surface area contributed by atoms with E-state index in [0.29, 0.717) is 13.2 Å². The summed E-state index contributed by atoms with van der Waals surface area (Å²) >= 11 is 0. The van der Waals surface area contributed by atoms with Gasteiger partial charge in [-0.3, -0.25) is 9.69 Å². The minimum atomic E-state index is 0.0757. The van der Waals surface area contributed by atoms with E-state index in [0.717, 1.165) is 38.2 Å². The summed E-state index contributed by atoms with van der Waals surface area (Å²) in [5, 5.41) is 0. The molecule has 2 aromatic carbocycles. The lowest BCUT2D eigenvalue weighted by atomic mass is 9.96. The maximum absolute atomic E-state index is 12.9. The van der Waals surface area contributed by atoms with E-state index < -0.39 is 0 Å². The van der Waals surface area contributed by atoms with Crippen molar-refractivity contribution >= 4 is 5.91 Å². The Bertz CT molecular complexity index is 732. The van der Waals surface area contributed by atoms with Crippen LogP contribution in [0.5, 0.6) is 5.75 Å². The summed E-state index contributed by atoms with van der Waals surface area (Å²) in [7, 11) is 1.92. The zero-order chi connectivity index (χ0) is 19.1. The van der Waals surface area contributed by atoms with Crippen LogP contribution in [0.25, 0.3) is 0 Å². The van der Waals surface area contributed by atoms with Gasteiger partial charge in [-0.1, -0.05) is 48.5 Å². The molecule has 0 radical (unpaired) electrons. The fraction of sp³-hybridized carbons (Fsp3) is 0.435. The smallest absolute Gasteiger partial charge is 0.227 e. The number of nitrogens with zero attached hydrogens (tertiary/aromatic N) is 2. The molecule has 1 heterocycles. The average Bonchev–Trinajstić information content (AvgIpc) is 2.70. The third-order valence-corrected chi connectivity index (χ3v) is 5.16. The lowest BCUT2D eigenvalue weighted by Gasteiger charge is -2.34. The van der Waals surface area contributed by atoms with Gasteiger partial charge < -0.3 is 9.64 Å². The van der Waals surface area contributed by atoms with Crippen LogP contribution in [0, 0.1) is 5.92 Å². The van der Waals surface area contributed by atoms with Crippen molar-refractivity contribution < 1.29 is 9.53 Å². The van der Waals surface area contributed by atoms with Gasteiger partial charge in [0.25, 0.3) is 0 Å². The Morgan fingerprint density at radius 1 is 1.15 bits per heavy atom. The Balaban J connectivity index is 1.59. The van der Waals surface area contributed by atoms with Gasteiger partial charge in [0.1, 0.15) is 5.75 Å². The van der Waals surface area contributed by atoms with Gasteiger partial charge in [-0.15, -0.1) is 0 Å². The van der Waals surface area contributed by atoms with Crippen molar-refractivity contribution in [2.45, 2.75) is 32.9 Å². The molecule has 1 aliphatic heterocycles. The quantitative estimate of drug-likeness (QED) is 0.744. The summed E-state index contributed by atoms with van der Waals surface area (Å²) in [6, 6.07) is 18.4. The number of likely N-dealkylation sites (tertiary alicyclic amines) is 1. The molecular formula is C23H30N2O2. The van der Waals surface area contributed by atoms with Gasteiger partial charge in [0, 0.05) is 32.2 Å². The zero-order valence-electron chi connectivity index (χ0n) is 16.4. The monoisotopic (exact) mass is 366 g/mol. The highest BCUT2D eigenvalue weighted by atomic mass is 16.5. The molecule has 1 saturated heterocycles. The molecule has 3 rings (SSSR count). The number of rotatable bonds is 7. The number of carbonyl (C=O) groups is 1. The molecule has 0 unspecified atom stereocenters.